The van der Waals surface area contributed by atoms with Gasteiger partial charge in [0, 0.05) is 24.9 Å². The average molecular weight is 311 g/mol. The second kappa shape index (κ2) is 6.02. The quantitative estimate of drug-likeness (QED) is 0.857. The molecule has 22 heavy (non-hydrogen) atoms. The van der Waals surface area contributed by atoms with E-state index in [1.807, 2.05) is 6.92 Å². The molecule has 1 fully saturated rings. The maximum atomic E-state index is 13.3. The molecule has 4 nitrogen and oxygen atoms in total. The number of ether oxygens (including phenoxy) is 1. The molecule has 0 spiro atoms. The van der Waals surface area contributed by atoms with E-state index in [2.05, 4.69) is 0 Å². The minimum Gasteiger partial charge on any atom is -0.443 e. The van der Waals surface area contributed by atoms with Gasteiger partial charge >= 0.3 is 6.09 Å². The van der Waals surface area contributed by atoms with Crippen molar-refractivity contribution in [2.45, 2.75) is 45.1 Å². The van der Waals surface area contributed by atoms with Crippen LogP contribution >= 0.6 is 0 Å². The maximum absolute atomic E-state index is 13.3. The molecule has 1 aromatic carbocycles. The Morgan fingerprint density at radius 3 is 2.45 bits per heavy atom. The topological polar surface area (TPSA) is 46.6 Å². The number of likely N-dealkylation sites (tertiary alicyclic amines) is 1. The molecule has 6 heteroatoms. The van der Waals surface area contributed by atoms with Gasteiger partial charge in [-0.15, -0.1) is 0 Å². The Morgan fingerprint density at radius 2 is 1.91 bits per heavy atom. The number of benzene rings is 1. The van der Waals surface area contributed by atoms with E-state index in [0.29, 0.717) is 12.0 Å². The van der Waals surface area contributed by atoms with Crippen molar-refractivity contribution in [1.82, 2.24) is 4.90 Å². The lowest BCUT2D eigenvalue weighted by atomic mass is 9.98. The molecule has 0 aliphatic carbocycles. The third-order valence-electron chi connectivity index (χ3n) is 3.92. The zero-order chi connectivity index (χ0) is 16.5. The molecule has 2 rings (SSSR count). The van der Waals surface area contributed by atoms with E-state index < -0.39 is 35.2 Å². The van der Waals surface area contributed by atoms with E-state index in [9.17, 15) is 18.4 Å². The van der Waals surface area contributed by atoms with Crippen molar-refractivity contribution >= 4 is 12.0 Å². The molecule has 0 N–H and O–H groups in total. The van der Waals surface area contributed by atoms with Crippen molar-refractivity contribution in [2.75, 3.05) is 6.54 Å². The number of imide groups is 1. The van der Waals surface area contributed by atoms with Crippen molar-refractivity contribution in [3.8, 4) is 0 Å². The highest BCUT2D eigenvalue weighted by Crippen LogP contribution is 2.30. The van der Waals surface area contributed by atoms with Crippen LogP contribution in [0.25, 0.3) is 0 Å². The molecule has 0 aromatic heterocycles. The summed E-state index contributed by atoms with van der Waals surface area (Å²) in [5, 5.41) is 0. The zero-order valence-electron chi connectivity index (χ0n) is 12.9. The fourth-order valence-electron chi connectivity index (χ4n) is 2.28. The van der Waals surface area contributed by atoms with Gasteiger partial charge in [-0.1, -0.05) is 6.92 Å². The van der Waals surface area contributed by atoms with Crippen LogP contribution in [-0.4, -0.2) is 29.0 Å². The fourth-order valence-corrected chi connectivity index (χ4v) is 2.28. The largest absolute Gasteiger partial charge is 0.443 e. The van der Waals surface area contributed by atoms with Gasteiger partial charge in [-0.05, 0) is 38.0 Å². The summed E-state index contributed by atoms with van der Waals surface area (Å²) in [7, 11) is 0. The third kappa shape index (κ3) is 3.61. The number of amides is 2. The normalized spacial score (nSPS) is 18.7. The van der Waals surface area contributed by atoms with Gasteiger partial charge in [0.1, 0.15) is 17.2 Å². The maximum Gasteiger partial charge on any atom is 0.417 e. The number of nitrogens with zero attached hydrogens (tertiary/aromatic N) is 1. The van der Waals surface area contributed by atoms with Crippen LogP contribution in [0.5, 0.6) is 0 Å². The predicted octanol–water partition coefficient (Wildman–Crippen LogP) is 3.61. The smallest absolute Gasteiger partial charge is 0.417 e. The average Bonchev–Trinajstić information content (AvgIpc) is 2.79. The molecule has 1 atom stereocenters. The van der Waals surface area contributed by atoms with Gasteiger partial charge in [0.2, 0.25) is 5.91 Å². The van der Waals surface area contributed by atoms with Gasteiger partial charge in [0.05, 0.1) is 0 Å². The molecule has 0 radical (unpaired) electrons. The SMILES string of the molecule is CCC(C)(C)OC(=O)N1C[C@@H](c2cc(F)cc(F)c2)CC1=O. The van der Waals surface area contributed by atoms with E-state index in [1.165, 1.54) is 12.1 Å². The summed E-state index contributed by atoms with van der Waals surface area (Å²) in [5.41, 5.74) is -0.295. The van der Waals surface area contributed by atoms with Gasteiger partial charge in [-0.25, -0.2) is 18.5 Å². The molecule has 1 aliphatic heterocycles. The lowest BCUT2D eigenvalue weighted by Crippen LogP contribution is -2.38. The molecule has 1 aromatic rings. The predicted molar refractivity (Wildman–Crippen MR) is 76.3 cm³/mol. The van der Waals surface area contributed by atoms with Gasteiger partial charge in [-0.2, -0.15) is 0 Å². The van der Waals surface area contributed by atoms with Crippen LogP contribution in [0.2, 0.25) is 0 Å². The highest BCUT2D eigenvalue weighted by molar-refractivity contribution is 5.94. The summed E-state index contributed by atoms with van der Waals surface area (Å²) in [4.78, 5) is 25.1. The van der Waals surface area contributed by atoms with E-state index in [-0.39, 0.29) is 13.0 Å². The molecular formula is C16H19F2NO3. The van der Waals surface area contributed by atoms with Crippen LogP contribution < -0.4 is 0 Å². The molecule has 1 heterocycles. The van der Waals surface area contributed by atoms with Gasteiger partial charge < -0.3 is 4.74 Å². The van der Waals surface area contributed by atoms with Crippen molar-refractivity contribution in [2.24, 2.45) is 0 Å². The zero-order valence-corrected chi connectivity index (χ0v) is 12.9. The first-order chi connectivity index (χ1) is 10.2. The lowest BCUT2D eigenvalue weighted by Gasteiger charge is -2.26. The van der Waals surface area contributed by atoms with Crippen LogP contribution in [0.1, 0.15) is 45.1 Å². The Bertz CT molecular complexity index is 581. The second-order valence-electron chi connectivity index (χ2n) is 6.09. The lowest BCUT2D eigenvalue weighted by molar-refractivity contribution is -0.127. The molecular weight excluding hydrogens is 292 g/mol. The number of rotatable bonds is 3. The fraction of sp³-hybridized carbons (Fsp3) is 0.500. The van der Waals surface area contributed by atoms with Gasteiger partial charge in [-0.3, -0.25) is 4.79 Å². The first-order valence-corrected chi connectivity index (χ1v) is 7.21. The van der Waals surface area contributed by atoms with Crippen molar-refractivity contribution in [3.05, 3.63) is 35.4 Å². The summed E-state index contributed by atoms with van der Waals surface area (Å²) >= 11 is 0. The monoisotopic (exact) mass is 311 g/mol. The highest BCUT2D eigenvalue weighted by atomic mass is 19.1. The van der Waals surface area contributed by atoms with Gasteiger partial charge in [0.25, 0.3) is 0 Å². The Morgan fingerprint density at radius 1 is 1.32 bits per heavy atom. The molecule has 0 unspecified atom stereocenters. The Balaban J connectivity index is 2.12. The minimum absolute atomic E-state index is 0.0323. The number of carbonyl (C=O) groups excluding carboxylic acids is 2. The van der Waals surface area contributed by atoms with Crippen LogP contribution in [0, 0.1) is 11.6 Å². The summed E-state index contributed by atoms with van der Waals surface area (Å²) in [6.45, 7) is 5.45. The third-order valence-corrected chi connectivity index (χ3v) is 3.92. The van der Waals surface area contributed by atoms with E-state index in [4.69, 9.17) is 4.74 Å². The molecule has 1 aliphatic rings. The summed E-state index contributed by atoms with van der Waals surface area (Å²) in [6, 6.07) is 3.15. The van der Waals surface area contributed by atoms with Crippen molar-refractivity contribution in [3.63, 3.8) is 0 Å². The van der Waals surface area contributed by atoms with E-state index in [0.717, 1.165) is 11.0 Å². The molecule has 120 valence electrons. The second-order valence-corrected chi connectivity index (χ2v) is 6.09. The first kappa shape index (κ1) is 16.4. The Hall–Kier alpha value is -1.98. The van der Waals surface area contributed by atoms with E-state index in [1.54, 1.807) is 13.8 Å². The van der Waals surface area contributed by atoms with Crippen LogP contribution in [0.4, 0.5) is 13.6 Å². The number of hydrogen-bond acceptors (Lipinski definition) is 3. The summed E-state index contributed by atoms with van der Waals surface area (Å²) in [6.07, 6.45) is -0.0691. The number of halogens is 2. The Labute approximate surface area is 128 Å². The summed E-state index contributed by atoms with van der Waals surface area (Å²) in [5.74, 6) is -2.22. The number of hydrogen-bond donors (Lipinski definition) is 0. The van der Waals surface area contributed by atoms with Crippen LogP contribution in [0.15, 0.2) is 18.2 Å². The Kier molecular flexibility index (Phi) is 4.49. The summed E-state index contributed by atoms with van der Waals surface area (Å²) < 4.78 is 31.8. The highest BCUT2D eigenvalue weighted by Gasteiger charge is 2.37. The molecule has 0 bridgehead atoms. The van der Waals surface area contributed by atoms with Crippen molar-refractivity contribution < 1.29 is 23.1 Å². The number of carbonyl (C=O) groups is 2. The molecule has 2 amide bonds. The molecule has 1 saturated heterocycles. The van der Waals surface area contributed by atoms with E-state index >= 15 is 0 Å². The van der Waals surface area contributed by atoms with Gasteiger partial charge in [0.15, 0.2) is 0 Å². The van der Waals surface area contributed by atoms with Crippen molar-refractivity contribution in [1.29, 1.82) is 0 Å². The van der Waals surface area contributed by atoms with Crippen LogP contribution in [-0.2, 0) is 9.53 Å². The van der Waals surface area contributed by atoms with Crippen LogP contribution in [0.3, 0.4) is 0 Å². The first-order valence-electron chi connectivity index (χ1n) is 7.21. The molecule has 0 saturated carbocycles. The standard InChI is InChI=1S/C16H19F2NO3/c1-4-16(2,3)22-15(21)19-9-11(7-14(19)20)10-5-12(17)8-13(18)6-10/h5-6,8,11H,4,7,9H2,1-3H3/t11-/m0/s1. The minimum atomic E-state index is -0.712.